The molecule has 0 aromatic heterocycles. The van der Waals surface area contributed by atoms with Gasteiger partial charge in [-0.15, -0.1) is 0 Å². The van der Waals surface area contributed by atoms with E-state index in [0.29, 0.717) is 16.6 Å². The van der Waals surface area contributed by atoms with Crippen molar-refractivity contribution in [3.05, 3.63) is 0 Å². The lowest BCUT2D eigenvalue weighted by atomic mass is 10.9. The van der Waals surface area contributed by atoms with E-state index < -0.39 is 0 Å². The van der Waals surface area contributed by atoms with E-state index in [1.165, 1.54) is 0 Å². The van der Waals surface area contributed by atoms with Crippen LogP contribution in [-0.4, -0.2) is 18.3 Å². The summed E-state index contributed by atoms with van der Waals surface area (Å²) in [4.78, 5) is 0. The van der Waals surface area contributed by atoms with Crippen molar-refractivity contribution in [2.75, 3.05) is 18.3 Å². The molecule has 0 aliphatic carbocycles. The van der Waals surface area contributed by atoms with Gasteiger partial charge >= 0.3 is 0 Å². The predicted octanol–water partition coefficient (Wildman–Crippen LogP) is -2.61. The van der Waals surface area contributed by atoms with E-state index >= 15 is 0 Å². The fourth-order valence-electron chi connectivity index (χ4n) is 0.129. The van der Waals surface area contributed by atoms with Gasteiger partial charge in [-0.3, -0.25) is 0 Å². The fraction of sp³-hybridized carbons (Fsp3) is 0.750. The smallest absolute Gasteiger partial charge is 0.192 e. The first kappa shape index (κ1) is 10.5. The summed E-state index contributed by atoms with van der Waals surface area (Å²) in [6.45, 7) is 0. The van der Waals surface area contributed by atoms with E-state index in [1.54, 1.807) is 0 Å². The molecule has 7 heavy (non-hydrogen) atoms. The summed E-state index contributed by atoms with van der Waals surface area (Å²) in [5.74, 6) is 0.708. The molecule has 0 N–H and O–H groups in total. The minimum absolute atomic E-state index is 0. The summed E-state index contributed by atoms with van der Waals surface area (Å²) in [6, 6.07) is 2.08. The first-order chi connectivity index (χ1) is 2.77. The molecule has 0 atom stereocenters. The predicted molar refractivity (Wildman–Crippen MR) is 29.7 cm³/mol. The number of hydrogen-bond acceptors (Lipinski definition) is 1. The number of rotatable bonds is 1. The van der Waals surface area contributed by atoms with Crippen molar-refractivity contribution < 1.29 is 24.0 Å². The zero-order valence-electron chi connectivity index (χ0n) is 4.44. The zero-order chi connectivity index (χ0) is 4.99. The van der Waals surface area contributed by atoms with Gasteiger partial charge in [-0.2, -0.15) is 5.26 Å². The average molecular weight is 229 g/mol. The Labute approximate surface area is 64.5 Å². The minimum Gasteiger partial charge on any atom is -1.00 e. The van der Waals surface area contributed by atoms with Crippen molar-refractivity contribution in [2.45, 2.75) is 0 Å². The van der Waals surface area contributed by atoms with E-state index in [0.717, 1.165) is 0 Å². The van der Waals surface area contributed by atoms with Crippen LogP contribution in [0.15, 0.2) is 0 Å². The maximum absolute atomic E-state index is 7.99. The molecule has 0 fully saturated rings. The van der Waals surface area contributed by atoms with Gasteiger partial charge in [-0.1, -0.05) is 0 Å². The summed E-state index contributed by atoms with van der Waals surface area (Å²) in [5, 5.41) is 7.99. The van der Waals surface area contributed by atoms with E-state index in [2.05, 4.69) is 18.6 Å². The molecule has 0 unspecified atom stereocenters. The van der Waals surface area contributed by atoms with Crippen LogP contribution < -0.4 is 24.0 Å². The van der Waals surface area contributed by atoms with Gasteiger partial charge in [-0.05, 0) is 10.9 Å². The summed E-state index contributed by atoms with van der Waals surface area (Å²) in [5.41, 5.74) is 0. The van der Waals surface area contributed by atoms with Crippen molar-refractivity contribution in [3.8, 4) is 6.07 Å². The third-order valence-corrected chi connectivity index (χ3v) is 1.06. The van der Waals surface area contributed by atoms with Crippen LogP contribution in [0, 0.1) is 11.3 Å². The molecule has 0 aromatic rings. The average Bonchev–Trinajstić information content (AvgIpc) is 1.35. The highest BCUT2D eigenvalue weighted by atomic mass is 127. The lowest BCUT2D eigenvalue weighted by Gasteiger charge is -1.79. The molecule has 0 radical (unpaired) electrons. The summed E-state index contributed by atoms with van der Waals surface area (Å²) in [6.07, 6.45) is 4.12. The summed E-state index contributed by atoms with van der Waals surface area (Å²) >= 11 is 0. The van der Waals surface area contributed by atoms with E-state index in [-0.39, 0.29) is 24.0 Å². The molecule has 0 rings (SSSR count). The molecule has 0 aliphatic rings. The zero-order valence-corrected chi connectivity index (χ0v) is 7.41. The normalized spacial score (nSPS) is 7.14. The highest BCUT2D eigenvalue weighted by Gasteiger charge is 1.95. The molecule has 0 saturated carbocycles. The number of nitrogens with zero attached hydrogens (tertiary/aromatic N) is 1. The molecule has 0 heterocycles. The van der Waals surface area contributed by atoms with Crippen LogP contribution >= 0.6 is 0 Å². The molecule has 0 amide bonds. The highest BCUT2D eigenvalue weighted by molar-refractivity contribution is 7.95. The monoisotopic (exact) mass is 229 g/mol. The number of hydrogen-bond donors (Lipinski definition) is 0. The second-order valence-electron chi connectivity index (χ2n) is 1.29. The summed E-state index contributed by atoms with van der Waals surface area (Å²) < 4.78 is 0. The molecule has 42 valence electrons. The van der Waals surface area contributed by atoms with Crippen molar-refractivity contribution in [2.24, 2.45) is 0 Å². The van der Waals surface area contributed by atoms with Gasteiger partial charge in [-0.25, -0.2) is 0 Å². The molecule has 0 aliphatic heterocycles. The van der Waals surface area contributed by atoms with Crippen LogP contribution in [-0.2, 0) is 10.9 Å². The third kappa shape index (κ3) is 10.8. The van der Waals surface area contributed by atoms with Crippen molar-refractivity contribution in [1.82, 2.24) is 0 Å². The topological polar surface area (TPSA) is 23.8 Å². The first-order valence-corrected chi connectivity index (χ1v) is 3.89. The standard InChI is InChI=1S/C4H8NS.HI/c1-6(2)4-3-5;/h4H2,1-2H3;1H/q+1;/p-1. The summed E-state index contributed by atoms with van der Waals surface area (Å²) in [7, 11) is 0.323. The molecule has 0 bridgehead atoms. The Bertz CT molecular complexity index is 66.6. The largest absolute Gasteiger partial charge is 1.00 e. The molecule has 0 saturated heterocycles. The SMILES string of the molecule is C[S+](C)CC#N.[I-]. The Balaban J connectivity index is 0. The molecule has 3 heteroatoms. The Hall–Kier alpha value is 0.570. The van der Waals surface area contributed by atoms with Gasteiger partial charge in [0, 0.05) is 0 Å². The first-order valence-electron chi connectivity index (χ1n) is 1.68. The molecule has 0 aromatic carbocycles. The Kier molecular flexibility index (Phi) is 9.89. The number of halogens is 1. The van der Waals surface area contributed by atoms with Crippen LogP contribution in [0.3, 0.4) is 0 Å². The second-order valence-corrected chi connectivity index (χ2v) is 3.55. The van der Waals surface area contributed by atoms with Crippen LogP contribution in [0.4, 0.5) is 0 Å². The minimum atomic E-state index is 0. The Morgan fingerprint density at radius 2 is 2.00 bits per heavy atom. The highest BCUT2D eigenvalue weighted by Crippen LogP contribution is 1.77. The van der Waals surface area contributed by atoms with Crippen LogP contribution in [0.25, 0.3) is 0 Å². The maximum Gasteiger partial charge on any atom is 0.192 e. The lowest BCUT2D eigenvalue weighted by Crippen LogP contribution is -3.00. The molecular weight excluding hydrogens is 221 g/mol. The fourth-order valence-corrected chi connectivity index (χ4v) is 0.387. The quantitative estimate of drug-likeness (QED) is 0.357. The molecular formula is C4H8INS. The van der Waals surface area contributed by atoms with Gasteiger partial charge in [0.05, 0.1) is 12.5 Å². The van der Waals surface area contributed by atoms with Crippen LogP contribution in [0.5, 0.6) is 0 Å². The molecule has 0 spiro atoms. The Morgan fingerprint density at radius 3 is 2.00 bits per heavy atom. The van der Waals surface area contributed by atoms with E-state index in [1.807, 2.05) is 0 Å². The van der Waals surface area contributed by atoms with Gasteiger partial charge in [0.15, 0.2) is 5.75 Å². The van der Waals surface area contributed by atoms with Gasteiger partial charge in [0.1, 0.15) is 6.07 Å². The second kappa shape index (κ2) is 6.57. The van der Waals surface area contributed by atoms with Gasteiger partial charge in [0.25, 0.3) is 0 Å². The van der Waals surface area contributed by atoms with Crippen molar-refractivity contribution >= 4 is 10.9 Å². The van der Waals surface area contributed by atoms with Crippen LogP contribution in [0.1, 0.15) is 0 Å². The molecule has 1 nitrogen and oxygen atoms in total. The van der Waals surface area contributed by atoms with Gasteiger partial charge in [0.2, 0.25) is 0 Å². The Morgan fingerprint density at radius 1 is 1.57 bits per heavy atom. The van der Waals surface area contributed by atoms with Gasteiger partial charge < -0.3 is 24.0 Å². The lowest BCUT2D eigenvalue weighted by molar-refractivity contribution is -0.00000170. The third-order valence-electron chi connectivity index (χ3n) is 0.353. The van der Waals surface area contributed by atoms with Crippen molar-refractivity contribution in [3.63, 3.8) is 0 Å². The van der Waals surface area contributed by atoms with E-state index in [9.17, 15) is 0 Å². The van der Waals surface area contributed by atoms with Crippen LogP contribution in [0.2, 0.25) is 0 Å². The van der Waals surface area contributed by atoms with E-state index in [4.69, 9.17) is 5.26 Å². The maximum atomic E-state index is 7.99. The number of nitriles is 1. The van der Waals surface area contributed by atoms with Crippen molar-refractivity contribution in [1.29, 1.82) is 5.26 Å².